The number of methoxy groups -OCH3 is 1. The van der Waals surface area contributed by atoms with Crippen LogP contribution in [0, 0.1) is 0 Å². The Balaban J connectivity index is 3.28. The van der Waals surface area contributed by atoms with Crippen molar-refractivity contribution in [2.24, 2.45) is 0 Å². The third kappa shape index (κ3) is 5.06. The highest BCUT2D eigenvalue weighted by Crippen LogP contribution is 2.26. The summed E-state index contributed by atoms with van der Waals surface area (Å²) in [5.74, 6) is 0.174. The summed E-state index contributed by atoms with van der Waals surface area (Å²) in [6.45, 7) is 9.45. The van der Waals surface area contributed by atoms with Crippen LogP contribution in [0.5, 0.6) is 11.5 Å². The van der Waals surface area contributed by atoms with Crippen LogP contribution in [0.3, 0.4) is 0 Å². The van der Waals surface area contributed by atoms with Gasteiger partial charge in [0.25, 0.3) is 0 Å². The van der Waals surface area contributed by atoms with Gasteiger partial charge in [-0.1, -0.05) is 0 Å². The fraction of sp³-hybridized carbons (Fsp3) is 0.533. The van der Waals surface area contributed by atoms with Crippen LogP contribution in [0.15, 0.2) is 12.1 Å². The lowest BCUT2D eigenvalue weighted by molar-refractivity contribution is 0.0754. The summed E-state index contributed by atoms with van der Waals surface area (Å²) in [5, 5.41) is 9.94. The average molecular weight is 294 g/mol. The molecule has 0 aliphatic carbocycles. The fourth-order valence-electron chi connectivity index (χ4n) is 1.80. The Hall–Kier alpha value is -1.53. The van der Waals surface area contributed by atoms with E-state index in [1.807, 2.05) is 34.6 Å². The monoisotopic (exact) mass is 294 g/mol. The van der Waals surface area contributed by atoms with E-state index in [1.165, 1.54) is 19.2 Å². The number of phenolic OH excluding ortho intramolecular Hbond substituents is 1. The van der Waals surface area contributed by atoms with Gasteiger partial charge in [-0.15, -0.1) is 0 Å². The quantitative estimate of drug-likeness (QED) is 0.643. The van der Waals surface area contributed by atoms with Crippen molar-refractivity contribution in [1.82, 2.24) is 0 Å². The number of carbonyl (C=O) groups is 1. The highest BCUT2D eigenvalue weighted by molar-refractivity contribution is 6.63. The molecule has 116 valence electrons. The molecule has 0 fully saturated rings. The van der Waals surface area contributed by atoms with E-state index in [2.05, 4.69) is 0 Å². The molecule has 0 saturated carbocycles. The van der Waals surface area contributed by atoms with Gasteiger partial charge >= 0.3 is 7.12 Å². The first-order valence-corrected chi connectivity index (χ1v) is 6.87. The smallest absolute Gasteiger partial charge is 0.495 e. The molecule has 6 heteroatoms. The Labute approximate surface area is 126 Å². The van der Waals surface area contributed by atoms with Crippen molar-refractivity contribution in [3.05, 3.63) is 17.7 Å². The van der Waals surface area contributed by atoms with Gasteiger partial charge in [0, 0.05) is 17.3 Å². The fourth-order valence-corrected chi connectivity index (χ4v) is 1.80. The first-order chi connectivity index (χ1) is 9.67. The maximum absolute atomic E-state index is 11.3. The minimum absolute atomic E-state index is 0.0621. The van der Waals surface area contributed by atoms with E-state index < -0.39 is 12.7 Å². The van der Waals surface area contributed by atoms with Gasteiger partial charge in [-0.2, -0.15) is 0 Å². The molecule has 1 aromatic rings. The Morgan fingerprint density at radius 2 is 1.90 bits per heavy atom. The second kappa shape index (κ2) is 6.96. The molecule has 1 aromatic carbocycles. The van der Waals surface area contributed by atoms with Crippen LogP contribution in [0.1, 0.15) is 45.0 Å². The molecule has 0 atom stereocenters. The summed E-state index contributed by atoms with van der Waals surface area (Å²) in [5.41, 5.74) is 0.376. The largest absolute Gasteiger partial charge is 0.504 e. The molecule has 21 heavy (non-hydrogen) atoms. The van der Waals surface area contributed by atoms with Crippen LogP contribution < -0.4 is 10.2 Å². The van der Waals surface area contributed by atoms with E-state index in [0.717, 1.165) is 0 Å². The van der Waals surface area contributed by atoms with E-state index >= 15 is 0 Å². The van der Waals surface area contributed by atoms with Crippen molar-refractivity contribution in [2.75, 3.05) is 7.11 Å². The van der Waals surface area contributed by atoms with E-state index in [-0.39, 0.29) is 17.6 Å². The number of hydrogen-bond acceptors (Lipinski definition) is 5. The zero-order valence-electron chi connectivity index (χ0n) is 13.5. The van der Waals surface area contributed by atoms with Crippen molar-refractivity contribution in [3.63, 3.8) is 0 Å². The van der Waals surface area contributed by atoms with Gasteiger partial charge in [0.2, 0.25) is 0 Å². The molecule has 0 spiro atoms. The highest BCUT2D eigenvalue weighted by atomic mass is 16.6. The summed E-state index contributed by atoms with van der Waals surface area (Å²) in [6, 6.07) is 2.92. The Morgan fingerprint density at radius 3 is 2.33 bits per heavy atom. The summed E-state index contributed by atoms with van der Waals surface area (Å²) in [7, 11) is 0.679. The van der Waals surface area contributed by atoms with Gasteiger partial charge in [-0.25, -0.2) is 0 Å². The predicted octanol–water partition coefficient (Wildman–Crippen LogP) is 2.15. The molecule has 0 amide bonds. The summed E-state index contributed by atoms with van der Waals surface area (Å²) in [6.07, 6.45) is 0.598. The molecular formula is C15H23BO5. The molecular weight excluding hydrogens is 271 g/mol. The van der Waals surface area contributed by atoms with E-state index in [4.69, 9.17) is 14.0 Å². The van der Waals surface area contributed by atoms with E-state index in [1.54, 1.807) is 0 Å². The summed E-state index contributed by atoms with van der Waals surface area (Å²) < 4.78 is 16.6. The van der Waals surface area contributed by atoms with Crippen molar-refractivity contribution in [1.29, 1.82) is 0 Å². The molecule has 0 aliphatic heterocycles. The molecule has 0 saturated heterocycles. The zero-order valence-corrected chi connectivity index (χ0v) is 13.5. The molecule has 0 aromatic heterocycles. The molecule has 1 rings (SSSR count). The number of hydrogen-bond donors (Lipinski definition) is 1. The van der Waals surface area contributed by atoms with Gasteiger partial charge in [0.1, 0.15) is 6.29 Å². The van der Waals surface area contributed by atoms with Crippen LogP contribution in [0.25, 0.3) is 0 Å². The number of rotatable bonds is 6. The molecule has 0 radical (unpaired) electrons. The van der Waals surface area contributed by atoms with Crippen LogP contribution in [0.2, 0.25) is 0 Å². The number of aldehydes is 1. The second-order valence-corrected chi connectivity index (χ2v) is 6.02. The van der Waals surface area contributed by atoms with Crippen LogP contribution in [-0.2, 0) is 9.31 Å². The molecule has 0 unspecified atom stereocenters. The lowest BCUT2D eigenvalue weighted by Crippen LogP contribution is -2.45. The van der Waals surface area contributed by atoms with E-state index in [0.29, 0.717) is 17.3 Å². The van der Waals surface area contributed by atoms with Gasteiger partial charge in [0.15, 0.2) is 11.5 Å². The first-order valence-electron chi connectivity index (χ1n) is 6.87. The predicted molar refractivity (Wildman–Crippen MR) is 82.5 cm³/mol. The number of carbonyl (C=O) groups excluding carboxylic acids is 1. The SMILES string of the molecule is COc1cc(C=O)c(B(OC(C)C)OC(C)(C)C)cc1O. The van der Waals surface area contributed by atoms with Crippen molar-refractivity contribution >= 4 is 18.9 Å². The number of phenols is 1. The van der Waals surface area contributed by atoms with Crippen LogP contribution in [-0.4, -0.2) is 37.3 Å². The van der Waals surface area contributed by atoms with Crippen LogP contribution >= 0.6 is 0 Å². The number of ether oxygens (including phenoxy) is 1. The lowest BCUT2D eigenvalue weighted by atomic mass is 9.74. The third-order valence-electron chi connectivity index (χ3n) is 2.62. The summed E-state index contributed by atoms with van der Waals surface area (Å²) in [4.78, 5) is 11.3. The lowest BCUT2D eigenvalue weighted by Gasteiger charge is -2.27. The Kier molecular flexibility index (Phi) is 5.81. The average Bonchev–Trinajstić information content (AvgIpc) is 2.35. The normalized spacial score (nSPS) is 11.6. The molecule has 1 N–H and O–H groups in total. The van der Waals surface area contributed by atoms with E-state index in [9.17, 15) is 9.90 Å². The standard InChI is InChI=1S/C15H23BO5/c1-10(2)20-16(21-15(3,4)5)12-8-13(18)14(19-6)7-11(12)9-17/h7-10,18H,1-6H3. The van der Waals surface area contributed by atoms with Crippen LogP contribution in [0.4, 0.5) is 0 Å². The topological polar surface area (TPSA) is 65.0 Å². The van der Waals surface area contributed by atoms with Crippen molar-refractivity contribution in [3.8, 4) is 11.5 Å². The molecule has 0 aliphatic rings. The Bertz CT molecular complexity index is 494. The highest BCUT2D eigenvalue weighted by Gasteiger charge is 2.31. The van der Waals surface area contributed by atoms with Gasteiger partial charge in [-0.3, -0.25) is 4.79 Å². The third-order valence-corrected chi connectivity index (χ3v) is 2.62. The maximum Gasteiger partial charge on any atom is 0.495 e. The van der Waals surface area contributed by atoms with Gasteiger partial charge < -0.3 is 19.2 Å². The van der Waals surface area contributed by atoms with Gasteiger partial charge in [-0.05, 0) is 52.2 Å². The van der Waals surface area contributed by atoms with Crippen molar-refractivity contribution < 1.29 is 23.9 Å². The first kappa shape index (κ1) is 17.5. The van der Waals surface area contributed by atoms with Crippen molar-refractivity contribution in [2.45, 2.75) is 46.3 Å². The summed E-state index contributed by atoms with van der Waals surface area (Å²) >= 11 is 0. The molecule has 0 heterocycles. The number of benzene rings is 1. The maximum atomic E-state index is 11.3. The molecule has 5 nitrogen and oxygen atoms in total. The zero-order chi connectivity index (χ0) is 16.2. The van der Waals surface area contributed by atoms with Gasteiger partial charge in [0.05, 0.1) is 7.11 Å². The number of aromatic hydroxyl groups is 1. The Morgan fingerprint density at radius 1 is 1.29 bits per heavy atom. The second-order valence-electron chi connectivity index (χ2n) is 6.02. The molecule has 0 bridgehead atoms. The minimum Gasteiger partial charge on any atom is -0.504 e. The minimum atomic E-state index is -0.748.